The third-order valence-electron chi connectivity index (χ3n) is 5.56. The zero-order valence-corrected chi connectivity index (χ0v) is 13.6. The molecule has 2 nitrogen and oxygen atoms in total. The molecule has 1 aliphatic carbocycles. The SMILES string of the molecule is CC(C)C1CCC(O)(C2CC(C)(C)OC2(C)C)CC1. The van der Waals surface area contributed by atoms with E-state index in [2.05, 4.69) is 41.5 Å². The molecule has 0 aromatic heterocycles. The molecule has 112 valence electrons. The van der Waals surface area contributed by atoms with Crippen molar-refractivity contribution in [3.05, 3.63) is 0 Å². The van der Waals surface area contributed by atoms with Crippen molar-refractivity contribution < 1.29 is 9.84 Å². The molecule has 1 atom stereocenters. The summed E-state index contributed by atoms with van der Waals surface area (Å²) in [5, 5.41) is 11.2. The second-order valence-electron chi connectivity index (χ2n) is 8.41. The molecule has 1 heterocycles. The minimum Gasteiger partial charge on any atom is -0.389 e. The lowest BCUT2D eigenvalue weighted by Gasteiger charge is -2.45. The molecule has 0 aromatic rings. The summed E-state index contributed by atoms with van der Waals surface area (Å²) in [6, 6.07) is 0. The lowest BCUT2D eigenvalue weighted by molar-refractivity contribution is -0.128. The molecule has 1 aliphatic heterocycles. The van der Waals surface area contributed by atoms with Crippen LogP contribution in [-0.2, 0) is 4.74 Å². The van der Waals surface area contributed by atoms with Crippen molar-refractivity contribution in [1.82, 2.24) is 0 Å². The van der Waals surface area contributed by atoms with Crippen LogP contribution in [0.4, 0.5) is 0 Å². The molecule has 1 N–H and O–H groups in total. The average molecular weight is 268 g/mol. The quantitative estimate of drug-likeness (QED) is 0.815. The number of ether oxygens (including phenoxy) is 1. The van der Waals surface area contributed by atoms with Gasteiger partial charge in [0.1, 0.15) is 0 Å². The zero-order chi connectivity index (χ0) is 14.5. The van der Waals surface area contributed by atoms with Gasteiger partial charge in [-0.15, -0.1) is 0 Å². The summed E-state index contributed by atoms with van der Waals surface area (Å²) in [7, 11) is 0. The number of aliphatic hydroxyl groups is 1. The molecule has 2 rings (SSSR count). The molecular formula is C17H32O2. The molecule has 1 unspecified atom stereocenters. The van der Waals surface area contributed by atoms with Gasteiger partial charge in [-0.05, 0) is 71.6 Å². The van der Waals surface area contributed by atoms with Crippen molar-refractivity contribution >= 4 is 0 Å². The second kappa shape index (κ2) is 4.73. The minimum atomic E-state index is -0.511. The Morgan fingerprint density at radius 3 is 1.95 bits per heavy atom. The average Bonchev–Trinajstić information content (AvgIpc) is 2.48. The van der Waals surface area contributed by atoms with E-state index in [1.807, 2.05) is 0 Å². The Morgan fingerprint density at radius 1 is 1.05 bits per heavy atom. The Labute approximate surface area is 118 Å². The standard InChI is InChI=1S/C17H32O2/c1-12(2)13-7-9-17(18,10-8-13)14-11-15(3,4)19-16(14,5)6/h12-14,18H,7-11H2,1-6H3. The second-order valence-corrected chi connectivity index (χ2v) is 8.41. The molecule has 1 saturated carbocycles. The summed E-state index contributed by atoms with van der Waals surface area (Å²) in [5.41, 5.74) is -0.815. The molecule has 2 heteroatoms. The molecule has 2 fully saturated rings. The van der Waals surface area contributed by atoms with Crippen LogP contribution in [0.1, 0.15) is 73.6 Å². The van der Waals surface area contributed by atoms with Gasteiger partial charge >= 0.3 is 0 Å². The fraction of sp³-hybridized carbons (Fsp3) is 1.00. The van der Waals surface area contributed by atoms with Crippen LogP contribution in [0.15, 0.2) is 0 Å². The molecule has 0 bridgehead atoms. The fourth-order valence-electron chi connectivity index (χ4n) is 4.55. The minimum absolute atomic E-state index is 0.0984. The highest BCUT2D eigenvalue weighted by Gasteiger charge is 2.55. The fourth-order valence-corrected chi connectivity index (χ4v) is 4.55. The summed E-state index contributed by atoms with van der Waals surface area (Å²) in [6.07, 6.45) is 5.21. The molecule has 0 spiro atoms. The Bertz CT molecular complexity index is 322. The van der Waals surface area contributed by atoms with Crippen LogP contribution in [-0.4, -0.2) is 21.9 Å². The zero-order valence-electron chi connectivity index (χ0n) is 13.6. The van der Waals surface area contributed by atoms with Crippen molar-refractivity contribution in [2.45, 2.75) is 90.4 Å². The largest absolute Gasteiger partial charge is 0.389 e. The van der Waals surface area contributed by atoms with Crippen LogP contribution in [0.5, 0.6) is 0 Å². The summed E-state index contributed by atoms with van der Waals surface area (Å²) in [5.74, 6) is 1.80. The van der Waals surface area contributed by atoms with Crippen LogP contribution < -0.4 is 0 Å². The number of hydrogen-bond acceptors (Lipinski definition) is 2. The van der Waals surface area contributed by atoms with Gasteiger partial charge in [0.05, 0.1) is 16.8 Å². The van der Waals surface area contributed by atoms with E-state index in [1.165, 1.54) is 12.8 Å². The van der Waals surface area contributed by atoms with Gasteiger partial charge in [0.2, 0.25) is 0 Å². The monoisotopic (exact) mass is 268 g/mol. The molecule has 0 amide bonds. The van der Waals surface area contributed by atoms with Crippen molar-refractivity contribution in [1.29, 1.82) is 0 Å². The van der Waals surface area contributed by atoms with Crippen molar-refractivity contribution in [3.8, 4) is 0 Å². The topological polar surface area (TPSA) is 29.5 Å². The van der Waals surface area contributed by atoms with Gasteiger partial charge in [-0.1, -0.05) is 13.8 Å². The first-order chi connectivity index (χ1) is 8.56. The van der Waals surface area contributed by atoms with Crippen LogP contribution in [0.25, 0.3) is 0 Å². The predicted octanol–water partition coefficient (Wildman–Crippen LogP) is 4.16. The first-order valence-corrected chi connectivity index (χ1v) is 7.98. The van der Waals surface area contributed by atoms with Gasteiger partial charge < -0.3 is 9.84 Å². The van der Waals surface area contributed by atoms with Gasteiger partial charge in [-0.2, -0.15) is 0 Å². The van der Waals surface area contributed by atoms with Gasteiger partial charge in [0.25, 0.3) is 0 Å². The maximum absolute atomic E-state index is 11.2. The first kappa shape index (κ1) is 15.3. The van der Waals surface area contributed by atoms with E-state index in [0.717, 1.165) is 31.1 Å². The van der Waals surface area contributed by atoms with Crippen molar-refractivity contribution in [3.63, 3.8) is 0 Å². The molecule has 0 aromatic carbocycles. The molecule has 0 radical (unpaired) electrons. The van der Waals surface area contributed by atoms with Gasteiger partial charge in [0.15, 0.2) is 0 Å². The molecule has 2 aliphatic rings. The highest BCUT2D eigenvalue weighted by atomic mass is 16.5. The van der Waals surface area contributed by atoms with Crippen LogP contribution in [0.3, 0.4) is 0 Å². The molecule has 1 saturated heterocycles. The molecular weight excluding hydrogens is 236 g/mol. The smallest absolute Gasteiger partial charge is 0.0704 e. The Balaban J connectivity index is 2.10. The lowest BCUT2D eigenvalue weighted by Crippen LogP contribution is -2.49. The Hall–Kier alpha value is -0.0800. The summed E-state index contributed by atoms with van der Waals surface area (Å²) < 4.78 is 6.18. The van der Waals surface area contributed by atoms with E-state index in [-0.39, 0.29) is 17.1 Å². The van der Waals surface area contributed by atoms with E-state index in [4.69, 9.17) is 4.74 Å². The lowest BCUT2D eigenvalue weighted by atomic mass is 9.65. The summed E-state index contributed by atoms with van der Waals surface area (Å²) in [4.78, 5) is 0. The van der Waals surface area contributed by atoms with E-state index < -0.39 is 5.60 Å². The van der Waals surface area contributed by atoms with E-state index in [9.17, 15) is 5.11 Å². The third kappa shape index (κ3) is 3.00. The van der Waals surface area contributed by atoms with Crippen LogP contribution >= 0.6 is 0 Å². The van der Waals surface area contributed by atoms with Gasteiger partial charge in [-0.3, -0.25) is 0 Å². The highest BCUT2D eigenvalue weighted by molar-refractivity contribution is 5.05. The maximum atomic E-state index is 11.2. The van der Waals surface area contributed by atoms with Crippen molar-refractivity contribution in [2.75, 3.05) is 0 Å². The highest BCUT2D eigenvalue weighted by Crippen LogP contribution is 2.52. The van der Waals surface area contributed by atoms with Gasteiger partial charge in [-0.25, -0.2) is 0 Å². The van der Waals surface area contributed by atoms with Crippen LogP contribution in [0, 0.1) is 17.8 Å². The van der Waals surface area contributed by atoms with Crippen molar-refractivity contribution in [2.24, 2.45) is 17.8 Å². The number of hydrogen-bond donors (Lipinski definition) is 1. The molecule has 19 heavy (non-hydrogen) atoms. The normalized spacial score (nSPS) is 41.7. The Kier molecular flexibility index (Phi) is 3.81. The first-order valence-electron chi connectivity index (χ1n) is 7.98. The predicted molar refractivity (Wildman–Crippen MR) is 79.1 cm³/mol. The van der Waals surface area contributed by atoms with E-state index in [0.29, 0.717) is 0 Å². The third-order valence-corrected chi connectivity index (χ3v) is 5.56. The van der Waals surface area contributed by atoms with Gasteiger partial charge in [0, 0.05) is 5.92 Å². The Morgan fingerprint density at radius 2 is 1.58 bits per heavy atom. The van der Waals surface area contributed by atoms with Crippen LogP contribution in [0.2, 0.25) is 0 Å². The number of rotatable bonds is 2. The van der Waals surface area contributed by atoms with E-state index in [1.54, 1.807) is 0 Å². The maximum Gasteiger partial charge on any atom is 0.0704 e. The summed E-state index contributed by atoms with van der Waals surface area (Å²) >= 11 is 0. The summed E-state index contributed by atoms with van der Waals surface area (Å²) in [6.45, 7) is 13.2. The van der Waals surface area contributed by atoms with E-state index >= 15 is 0 Å².